The highest BCUT2D eigenvalue weighted by Crippen LogP contribution is 2.22. The largest absolute Gasteiger partial charge is 0.508 e. The number of nitrogens with zero attached hydrogens (tertiary/aromatic N) is 2. The summed E-state index contributed by atoms with van der Waals surface area (Å²) in [6, 6.07) is 14.8. The number of benzene rings is 2. The first-order valence-electron chi connectivity index (χ1n) is 14.7. The number of hydrogen-bond donors (Lipinski definition) is 2. The molecule has 2 aromatic carbocycles. The zero-order valence-electron chi connectivity index (χ0n) is 23.1. The lowest BCUT2D eigenvalue weighted by Crippen LogP contribution is -2.38. The van der Waals surface area contributed by atoms with Crippen molar-refractivity contribution < 1.29 is 5.11 Å². The van der Waals surface area contributed by atoms with Crippen LogP contribution in [-0.4, -0.2) is 14.7 Å². The van der Waals surface area contributed by atoms with E-state index in [1.165, 1.54) is 70.6 Å². The molecular formula is C32H47N3O2. The Labute approximate surface area is 222 Å². The maximum Gasteiger partial charge on any atom is 0.327 e. The molecule has 0 bridgehead atoms. The maximum absolute atomic E-state index is 13.3. The van der Waals surface area contributed by atoms with E-state index < -0.39 is 0 Å². The number of phenols is 1. The fourth-order valence-corrected chi connectivity index (χ4v) is 5.25. The van der Waals surface area contributed by atoms with E-state index in [4.69, 9.17) is 4.99 Å². The predicted octanol–water partition coefficient (Wildman–Crippen LogP) is 8.70. The van der Waals surface area contributed by atoms with Crippen molar-refractivity contribution in [2.75, 3.05) is 0 Å². The van der Waals surface area contributed by atoms with Gasteiger partial charge in [-0.25, -0.2) is 9.79 Å². The van der Waals surface area contributed by atoms with Gasteiger partial charge in [0.2, 0.25) is 0 Å². The topological polar surface area (TPSA) is 70.4 Å². The lowest BCUT2D eigenvalue weighted by atomic mass is 10.0. The smallest absolute Gasteiger partial charge is 0.327 e. The number of hydrogen-bond acceptors (Lipinski definition) is 3. The molecule has 0 saturated carbocycles. The number of para-hydroxylation sites is 1. The van der Waals surface area contributed by atoms with Crippen LogP contribution in [0, 0.1) is 0 Å². The van der Waals surface area contributed by atoms with Gasteiger partial charge in [-0.2, -0.15) is 0 Å². The van der Waals surface area contributed by atoms with Crippen LogP contribution in [0.15, 0.2) is 58.3 Å². The van der Waals surface area contributed by atoms with E-state index in [1.54, 1.807) is 24.3 Å². The molecule has 0 aliphatic carbocycles. The number of aromatic amines is 1. The Morgan fingerprint density at radius 3 is 1.97 bits per heavy atom. The van der Waals surface area contributed by atoms with Crippen LogP contribution in [0.3, 0.4) is 0 Å². The van der Waals surface area contributed by atoms with Crippen molar-refractivity contribution in [2.45, 2.75) is 116 Å². The summed E-state index contributed by atoms with van der Waals surface area (Å²) in [6.07, 6.45) is 18.9. The normalized spacial score (nSPS) is 12.9. The van der Waals surface area contributed by atoms with Crippen LogP contribution in [0.5, 0.6) is 5.75 Å². The molecule has 0 aliphatic rings. The molecule has 0 radical (unpaired) electrons. The van der Waals surface area contributed by atoms with Crippen LogP contribution < -0.4 is 11.2 Å². The Balaban J connectivity index is 1.66. The van der Waals surface area contributed by atoms with Crippen molar-refractivity contribution in [1.29, 1.82) is 0 Å². The van der Waals surface area contributed by atoms with E-state index in [0.29, 0.717) is 5.49 Å². The number of rotatable bonds is 17. The molecule has 0 saturated heterocycles. The summed E-state index contributed by atoms with van der Waals surface area (Å²) in [5, 5.41) is 10.6. The van der Waals surface area contributed by atoms with Crippen molar-refractivity contribution in [2.24, 2.45) is 4.99 Å². The molecule has 5 heteroatoms. The average molecular weight is 506 g/mol. The second-order valence-corrected chi connectivity index (χ2v) is 10.4. The zero-order valence-corrected chi connectivity index (χ0v) is 23.1. The highest BCUT2D eigenvalue weighted by atomic mass is 16.3. The third-order valence-electron chi connectivity index (χ3n) is 7.32. The molecule has 37 heavy (non-hydrogen) atoms. The molecular weight excluding hydrogens is 458 g/mol. The summed E-state index contributed by atoms with van der Waals surface area (Å²) in [6.45, 7) is 4.46. The maximum atomic E-state index is 13.3. The van der Waals surface area contributed by atoms with Gasteiger partial charge in [-0.1, -0.05) is 109 Å². The second kappa shape index (κ2) is 16.1. The molecule has 0 amide bonds. The summed E-state index contributed by atoms with van der Waals surface area (Å²) < 4.78 is 1.89. The van der Waals surface area contributed by atoms with Crippen molar-refractivity contribution in [3.05, 3.63) is 64.5 Å². The van der Waals surface area contributed by atoms with Gasteiger partial charge < -0.3 is 10.1 Å². The van der Waals surface area contributed by atoms with Gasteiger partial charge in [-0.05, 0) is 49.2 Å². The number of H-pyrrole nitrogens is 1. The molecule has 0 fully saturated rings. The van der Waals surface area contributed by atoms with Gasteiger partial charge in [0.05, 0.1) is 11.2 Å². The minimum absolute atomic E-state index is 0.103. The monoisotopic (exact) mass is 505 g/mol. The van der Waals surface area contributed by atoms with Crippen LogP contribution in [0.1, 0.15) is 116 Å². The van der Waals surface area contributed by atoms with Crippen molar-refractivity contribution in [3.8, 4) is 5.75 Å². The number of nitrogens with one attached hydrogen (secondary N) is 1. The number of phenolic OH excluding ortho intramolecular Hbond substituents is 1. The van der Waals surface area contributed by atoms with Gasteiger partial charge in [-0.15, -0.1) is 0 Å². The lowest BCUT2D eigenvalue weighted by Gasteiger charge is -2.20. The third kappa shape index (κ3) is 9.21. The molecule has 0 aliphatic heterocycles. The van der Waals surface area contributed by atoms with Crippen molar-refractivity contribution in [3.63, 3.8) is 0 Å². The third-order valence-corrected chi connectivity index (χ3v) is 7.32. The molecule has 202 valence electrons. The molecule has 1 unspecified atom stereocenters. The van der Waals surface area contributed by atoms with Gasteiger partial charge in [0, 0.05) is 11.4 Å². The Bertz CT molecular complexity index is 1180. The molecule has 1 aromatic heterocycles. The highest BCUT2D eigenvalue weighted by Gasteiger charge is 2.16. The Kier molecular flexibility index (Phi) is 12.5. The van der Waals surface area contributed by atoms with E-state index in [-0.39, 0.29) is 17.5 Å². The SMILES string of the molecule is CCCCCCCCCCCCCCC(CCC)n1c(=O)[nH]c2ccccc2c1=Nc1ccc(O)cc1. The second-order valence-electron chi connectivity index (χ2n) is 10.4. The van der Waals surface area contributed by atoms with Crippen LogP contribution in [0.4, 0.5) is 5.69 Å². The van der Waals surface area contributed by atoms with Gasteiger partial charge in [-0.3, -0.25) is 4.57 Å². The van der Waals surface area contributed by atoms with E-state index in [9.17, 15) is 9.90 Å². The van der Waals surface area contributed by atoms with Gasteiger partial charge >= 0.3 is 5.69 Å². The van der Waals surface area contributed by atoms with E-state index in [2.05, 4.69) is 18.8 Å². The average Bonchev–Trinajstić information content (AvgIpc) is 2.90. The zero-order chi connectivity index (χ0) is 26.3. The van der Waals surface area contributed by atoms with E-state index in [0.717, 1.165) is 42.3 Å². The fourth-order valence-electron chi connectivity index (χ4n) is 5.25. The van der Waals surface area contributed by atoms with Crippen LogP contribution >= 0.6 is 0 Å². The van der Waals surface area contributed by atoms with Crippen LogP contribution in [0.25, 0.3) is 10.9 Å². The Morgan fingerprint density at radius 2 is 1.35 bits per heavy atom. The van der Waals surface area contributed by atoms with Gasteiger partial charge in [0.25, 0.3) is 0 Å². The van der Waals surface area contributed by atoms with Gasteiger partial charge in [0.15, 0.2) is 0 Å². The van der Waals surface area contributed by atoms with Gasteiger partial charge in [0.1, 0.15) is 11.2 Å². The number of unbranched alkanes of at least 4 members (excludes halogenated alkanes) is 11. The molecule has 3 rings (SSSR count). The number of aromatic nitrogens is 2. The van der Waals surface area contributed by atoms with E-state index in [1.807, 2.05) is 28.8 Å². The molecule has 0 spiro atoms. The molecule has 3 aromatic rings. The van der Waals surface area contributed by atoms with Crippen molar-refractivity contribution >= 4 is 16.6 Å². The molecule has 1 atom stereocenters. The summed E-state index contributed by atoms with van der Waals surface area (Å²) in [4.78, 5) is 21.3. The van der Waals surface area contributed by atoms with Crippen LogP contribution in [-0.2, 0) is 0 Å². The standard InChI is InChI=1S/C32H47N3O2/c1-3-5-6-7-8-9-10-11-12-13-14-15-19-27(18-4-2)35-31(33-26-22-24-28(36)25-23-26)29-20-16-17-21-30(29)34-32(35)37/h16-17,20-25,27,36H,3-15,18-19H2,1-2H3,(H,34,37). The quantitative estimate of drug-likeness (QED) is 0.180. The first kappa shape index (κ1) is 28.7. The van der Waals surface area contributed by atoms with Crippen molar-refractivity contribution in [1.82, 2.24) is 9.55 Å². The molecule has 1 heterocycles. The fraction of sp³-hybridized carbons (Fsp3) is 0.562. The molecule has 2 N–H and O–H groups in total. The number of fused-ring (bicyclic) bond motifs is 1. The van der Waals surface area contributed by atoms with E-state index >= 15 is 0 Å². The first-order valence-corrected chi connectivity index (χ1v) is 14.7. The number of aromatic hydroxyl groups is 1. The summed E-state index contributed by atoms with van der Waals surface area (Å²) >= 11 is 0. The summed E-state index contributed by atoms with van der Waals surface area (Å²) in [7, 11) is 0. The van der Waals surface area contributed by atoms with Crippen LogP contribution in [0.2, 0.25) is 0 Å². The lowest BCUT2D eigenvalue weighted by molar-refractivity contribution is 0.385. The predicted molar refractivity (Wildman–Crippen MR) is 156 cm³/mol. The molecule has 5 nitrogen and oxygen atoms in total. The Hall–Kier alpha value is -2.82. The first-order chi connectivity index (χ1) is 18.1. The minimum atomic E-state index is -0.103. The Morgan fingerprint density at radius 1 is 0.757 bits per heavy atom. The summed E-state index contributed by atoms with van der Waals surface area (Å²) in [5.41, 5.74) is 2.11. The minimum Gasteiger partial charge on any atom is -0.508 e. The highest BCUT2D eigenvalue weighted by molar-refractivity contribution is 5.77. The summed E-state index contributed by atoms with van der Waals surface area (Å²) in [5.74, 6) is 0.207.